The lowest BCUT2D eigenvalue weighted by atomic mass is 10.1. The molecule has 0 saturated carbocycles. The fourth-order valence-electron chi connectivity index (χ4n) is 0.285. The Labute approximate surface area is 39.9 Å². The maximum atomic E-state index is 3.76. The van der Waals surface area contributed by atoms with Crippen LogP contribution in [0.4, 0.5) is 0 Å². The number of hydrogen-bond acceptors (Lipinski definition) is 0. The van der Waals surface area contributed by atoms with Crippen molar-refractivity contribution in [1.29, 1.82) is 0 Å². The third kappa shape index (κ3) is 3.74. The second-order valence-corrected chi connectivity index (χ2v) is 1.63. The molecule has 6 heavy (non-hydrogen) atoms. The van der Waals surface area contributed by atoms with Crippen molar-refractivity contribution in [3.63, 3.8) is 0 Å². The Bertz CT molecular complexity index is 35.3. The molecule has 0 N–H and O–H groups in total. The van der Waals surface area contributed by atoms with Crippen LogP contribution in [-0.2, 0) is 0 Å². The van der Waals surface area contributed by atoms with Crippen LogP contribution in [0.3, 0.4) is 0 Å². The smallest absolute Gasteiger partial charge is 0.0328 e. The van der Waals surface area contributed by atoms with Gasteiger partial charge in [-0.2, -0.15) is 0 Å². The fraction of sp³-hybridized carbons (Fsp3) is 0.500. The van der Waals surface area contributed by atoms with Gasteiger partial charge >= 0.3 is 0 Å². The van der Waals surface area contributed by atoms with Crippen molar-refractivity contribution in [2.75, 3.05) is 0 Å². The van der Waals surface area contributed by atoms with E-state index in [1.165, 1.54) is 0 Å². The summed E-state index contributed by atoms with van der Waals surface area (Å²) in [4.78, 5) is 0. The fourth-order valence-corrected chi connectivity index (χ4v) is 0.285. The van der Waals surface area contributed by atoms with Crippen molar-refractivity contribution in [3.8, 4) is 0 Å². The molecular formula is C6H11. The highest BCUT2D eigenvalue weighted by Gasteiger charge is 1.82. The minimum Gasteiger partial charge on any atom is -0.103 e. The van der Waals surface area contributed by atoms with E-state index in [0.29, 0.717) is 5.92 Å². The summed E-state index contributed by atoms with van der Waals surface area (Å²) < 4.78 is 0. The molecule has 0 aromatic carbocycles. The normalized spacial score (nSPS) is 9.17. The van der Waals surface area contributed by atoms with Crippen LogP contribution in [0.2, 0.25) is 0 Å². The Morgan fingerprint density at radius 1 is 1.83 bits per heavy atom. The highest BCUT2D eigenvalue weighted by Crippen LogP contribution is 1.96. The highest BCUT2D eigenvalue weighted by molar-refractivity contribution is 4.70. The van der Waals surface area contributed by atoms with E-state index in [9.17, 15) is 0 Å². The molecular weight excluding hydrogens is 72.1 g/mol. The SMILES string of the molecule is [CH2]C(C)CC=C. The van der Waals surface area contributed by atoms with Crippen LogP contribution in [0.5, 0.6) is 0 Å². The Kier molecular flexibility index (Phi) is 2.82. The monoisotopic (exact) mass is 83.1 g/mol. The minimum atomic E-state index is 0.530. The second-order valence-electron chi connectivity index (χ2n) is 1.63. The molecule has 0 saturated heterocycles. The summed E-state index contributed by atoms with van der Waals surface area (Å²) in [5, 5.41) is 0. The van der Waals surface area contributed by atoms with Crippen LogP contribution in [0.25, 0.3) is 0 Å². The predicted octanol–water partition coefficient (Wildman–Crippen LogP) is 2.03. The van der Waals surface area contributed by atoms with Crippen molar-refractivity contribution in [1.82, 2.24) is 0 Å². The highest BCUT2D eigenvalue weighted by atomic mass is 13.9. The van der Waals surface area contributed by atoms with Gasteiger partial charge in [0.05, 0.1) is 0 Å². The third-order valence-electron chi connectivity index (χ3n) is 0.569. The van der Waals surface area contributed by atoms with E-state index in [2.05, 4.69) is 20.4 Å². The summed E-state index contributed by atoms with van der Waals surface area (Å²) in [6, 6.07) is 0. The summed E-state index contributed by atoms with van der Waals surface area (Å²) in [6.45, 7) is 9.39. The number of hydrogen-bond donors (Lipinski definition) is 0. The van der Waals surface area contributed by atoms with Crippen LogP contribution in [-0.4, -0.2) is 0 Å². The van der Waals surface area contributed by atoms with Gasteiger partial charge in [-0.15, -0.1) is 6.58 Å². The van der Waals surface area contributed by atoms with Gasteiger partial charge in [-0.05, 0) is 12.3 Å². The molecule has 0 aliphatic heterocycles. The average molecular weight is 83.2 g/mol. The molecule has 0 heterocycles. The lowest BCUT2D eigenvalue weighted by molar-refractivity contribution is 0.741. The number of allylic oxidation sites excluding steroid dienone is 1. The summed E-state index contributed by atoms with van der Waals surface area (Å²) in [6.07, 6.45) is 2.91. The summed E-state index contributed by atoms with van der Waals surface area (Å²) in [5.74, 6) is 0.530. The van der Waals surface area contributed by atoms with E-state index in [1.807, 2.05) is 6.08 Å². The Morgan fingerprint density at radius 2 is 2.33 bits per heavy atom. The lowest BCUT2D eigenvalue weighted by Gasteiger charge is -1.92. The Hall–Kier alpha value is -0.260. The van der Waals surface area contributed by atoms with Gasteiger partial charge in [-0.3, -0.25) is 0 Å². The lowest BCUT2D eigenvalue weighted by Crippen LogP contribution is -1.79. The van der Waals surface area contributed by atoms with Crippen molar-refractivity contribution >= 4 is 0 Å². The first-order valence-corrected chi connectivity index (χ1v) is 2.21. The maximum absolute atomic E-state index is 3.76. The van der Waals surface area contributed by atoms with Crippen LogP contribution < -0.4 is 0 Å². The molecule has 0 heteroatoms. The molecule has 0 aromatic rings. The average Bonchev–Trinajstić information content (AvgIpc) is 1.35. The van der Waals surface area contributed by atoms with Gasteiger partial charge in [0.25, 0.3) is 0 Å². The van der Waals surface area contributed by atoms with E-state index >= 15 is 0 Å². The zero-order valence-corrected chi connectivity index (χ0v) is 4.28. The van der Waals surface area contributed by atoms with Gasteiger partial charge in [-0.25, -0.2) is 0 Å². The molecule has 0 amide bonds. The van der Waals surface area contributed by atoms with Crippen molar-refractivity contribution in [3.05, 3.63) is 19.6 Å². The third-order valence-corrected chi connectivity index (χ3v) is 0.569. The topological polar surface area (TPSA) is 0 Å². The molecule has 0 aliphatic rings. The molecule has 0 spiro atoms. The van der Waals surface area contributed by atoms with Crippen molar-refractivity contribution < 1.29 is 0 Å². The first-order chi connectivity index (χ1) is 2.77. The molecule has 0 aromatic heterocycles. The van der Waals surface area contributed by atoms with Gasteiger partial charge in [0, 0.05) is 0 Å². The maximum Gasteiger partial charge on any atom is -0.0328 e. The first kappa shape index (κ1) is 5.74. The second kappa shape index (κ2) is 2.95. The standard InChI is InChI=1S/C6H11/c1-4-5-6(2)3/h4,6H,1-2,5H2,3H3. The van der Waals surface area contributed by atoms with Gasteiger partial charge in [-0.1, -0.05) is 19.9 Å². The van der Waals surface area contributed by atoms with Gasteiger partial charge in [0.1, 0.15) is 0 Å². The zero-order chi connectivity index (χ0) is 4.99. The van der Waals surface area contributed by atoms with Crippen LogP contribution >= 0.6 is 0 Å². The molecule has 1 atom stereocenters. The Morgan fingerprint density at radius 3 is 2.33 bits per heavy atom. The minimum absolute atomic E-state index is 0.530. The van der Waals surface area contributed by atoms with E-state index < -0.39 is 0 Å². The molecule has 0 fully saturated rings. The van der Waals surface area contributed by atoms with E-state index in [-0.39, 0.29) is 0 Å². The molecule has 0 bridgehead atoms. The van der Waals surface area contributed by atoms with E-state index in [0.717, 1.165) is 6.42 Å². The first-order valence-electron chi connectivity index (χ1n) is 2.21. The summed E-state index contributed by atoms with van der Waals surface area (Å²) in [7, 11) is 0. The quantitative estimate of drug-likeness (QED) is 0.448. The van der Waals surface area contributed by atoms with Gasteiger partial charge < -0.3 is 0 Å². The molecule has 1 radical (unpaired) electrons. The van der Waals surface area contributed by atoms with Crippen molar-refractivity contribution in [2.45, 2.75) is 13.3 Å². The molecule has 0 nitrogen and oxygen atoms in total. The molecule has 0 rings (SSSR count). The van der Waals surface area contributed by atoms with Crippen LogP contribution in [0, 0.1) is 12.8 Å². The zero-order valence-electron chi connectivity index (χ0n) is 4.28. The largest absolute Gasteiger partial charge is 0.103 e. The summed E-state index contributed by atoms with van der Waals surface area (Å²) >= 11 is 0. The van der Waals surface area contributed by atoms with Crippen molar-refractivity contribution in [2.24, 2.45) is 5.92 Å². The Balaban J connectivity index is 2.81. The molecule has 35 valence electrons. The van der Waals surface area contributed by atoms with Crippen LogP contribution in [0.1, 0.15) is 13.3 Å². The number of rotatable bonds is 2. The molecule has 0 aliphatic carbocycles. The molecule has 1 unspecified atom stereocenters. The van der Waals surface area contributed by atoms with Crippen LogP contribution in [0.15, 0.2) is 12.7 Å². The van der Waals surface area contributed by atoms with E-state index in [1.54, 1.807) is 0 Å². The van der Waals surface area contributed by atoms with E-state index in [4.69, 9.17) is 0 Å². The van der Waals surface area contributed by atoms with Gasteiger partial charge in [0.2, 0.25) is 0 Å². The summed E-state index contributed by atoms with van der Waals surface area (Å²) in [5.41, 5.74) is 0. The predicted molar refractivity (Wildman–Crippen MR) is 29.3 cm³/mol. The van der Waals surface area contributed by atoms with Gasteiger partial charge in [0.15, 0.2) is 0 Å².